The smallest absolute Gasteiger partial charge is 0.263 e. The maximum Gasteiger partial charge on any atom is 0.263 e. The highest BCUT2D eigenvalue weighted by Crippen LogP contribution is 2.40. The Kier molecular flexibility index (Phi) is 5.76. The average Bonchev–Trinajstić information content (AvgIpc) is 2.87. The summed E-state index contributed by atoms with van der Waals surface area (Å²) in [6.45, 7) is 0.674. The largest absolute Gasteiger partial charge is 0.309 e. The predicted octanol–water partition coefficient (Wildman–Crippen LogP) is 5.92. The van der Waals surface area contributed by atoms with Crippen LogP contribution in [0.5, 0.6) is 0 Å². The summed E-state index contributed by atoms with van der Waals surface area (Å²) in [6.07, 6.45) is 6.43. The van der Waals surface area contributed by atoms with E-state index in [1.807, 2.05) is 0 Å². The van der Waals surface area contributed by atoms with E-state index in [0.717, 1.165) is 37.7 Å². The molecule has 24 heavy (non-hydrogen) atoms. The Labute approximate surface area is 147 Å². The molecule has 0 heterocycles. The van der Waals surface area contributed by atoms with E-state index in [0.29, 0.717) is 36.2 Å². The standard InChI is InChI=1S/C19H25ClF3N/c20-17-12-15(21)7-8-16(17)14-5-3-13(4-6-14)9-11-24-18-2-1-10-19(18,22)23/h7-8,12-14,18,24H,1-6,9-11H2/t13-,14+,18?. The van der Waals surface area contributed by atoms with Crippen LogP contribution in [0.25, 0.3) is 0 Å². The maximum absolute atomic E-state index is 13.6. The van der Waals surface area contributed by atoms with Crippen molar-refractivity contribution in [2.24, 2.45) is 5.92 Å². The van der Waals surface area contributed by atoms with Gasteiger partial charge in [-0.3, -0.25) is 0 Å². The SMILES string of the molecule is Fc1ccc([C@H]2CC[C@@H](CCNC3CCCC3(F)F)CC2)c(Cl)c1. The normalized spacial score (nSPS) is 29.8. The van der Waals surface area contributed by atoms with Gasteiger partial charge in [0, 0.05) is 11.4 Å². The lowest BCUT2D eigenvalue weighted by atomic mass is 9.77. The number of benzene rings is 1. The first-order valence-electron chi connectivity index (χ1n) is 9.02. The lowest BCUT2D eigenvalue weighted by molar-refractivity contribution is -0.0181. The van der Waals surface area contributed by atoms with Crippen LogP contribution >= 0.6 is 11.6 Å². The van der Waals surface area contributed by atoms with Gasteiger partial charge in [-0.2, -0.15) is 0 Å². The minimum absolute atomic E-state index is 0.0220. The molecule has 0 aromatic heterocycles. The molecule has 1 N–H and O–H groups in total. The van der Waals surface area contributed by atoms with Crippen molar-refractivity contribution in [2.45, 2.75) is 69.2 Å². The highest BCUT2D eigenvalue weighted by Gasteiger charge is 2.43. The van der Waals surface area contributed by atoms with E-state index in [1.54, 1.807) is 6.07 Å². The second kappa shape index (κ2) is 7.65. The molecule has 1 aromatic rings. The monoisotopic (exact) mass is 359 g/mol. The zero-order chi connectivity index (χ0) is 17.2. The highest BCUT2D eigenvalue weighted by molar-refractivity contribution is 6.31. The minimum Gasteiger partial charge on any atom is -0.309 e. The maximum atomic E-state index is 13.6. The van der Waals surface area contributed by atoms with Gasteiger partial charge in [-0.1, -0.05) is 17.7 Å². The number of nitrogens with one attached hydrogen (secondary N) is 1. The van der Waals surface area contributed by atoms with Crippen molar-refractivity contribution in [1.29, 1.82) is 0 Å². The first kappa shape index (κ1) is 18.1. The second-order valence-corrected chi connectivity index (χ2v) is 7.74. The zero-order valence-electron chi connectivity index (χ0n) is 13.8. The molecule has 2 fully saturated rings. The van der Waals surface area contributed by atoms with Gasteiger partial charge in [-0.15, -0.1) is 0 Å². The van der Waals surface area contributed by atoms with Crippen molar-refractivity contribution < 1.29 is 13.2 Å². The van der Waals surface area contributed by atoms with E-state index in [4.69, 9.17) is 11.6 Å². The molecule has 2 saturated carbocycles. The summed E-state index contributed by atoms with van der Waals surface area (Å²) in [5.74, 6) is -1.85. The molecule has 134 valence electrons. The van der Waals surface area contributed by atoms with Crippen molar-refractivity contribution in [3.05, 3.63) is 34.6 Å². The van der Waals surface area contributed by atoms with Crippen LogP contribution < -0.4 is 5.32 Å². The van der Waals surface area contributed by atoms with Crippen LogP contribution in [-0.4, -0.2) is 18.5 Å². The summed E-state index contributed by atoms with van der Waals surface area (Å²) in [5, 5.41) is 3.58. The van der Waals surface area contributed by atoms with E-state index in [9.17, 15) is 13.2 Å². The molecule has 1 atom stereocenters. The van der Waals surface area contributed by atoms with Gasteiger partial charge in [0.1, 0.15) is 5.82 Å². The minimum atomic E-state index is -2.53. The Balaban J connectivity index is 1.42. The second-order valence-electron chi connectivity index (χ2n) is 7.33. The van der Waals surface area contributed by atoms with Crippen molar-refractivity contribution in [1.82, 2.24) is 5.32 Å². The molecule has 3 rings (SSSR count). The first-order valence-corrected chi connectivity index (χ1v) is 9.39. The summed E-state index contributed by atoms with van der Waals surface area (Å²) in [4.78, 5) is 0. The molecule has 0 radical (unpaired) electrons. The molecule has 0 saturated heterocycles. The third-order valence-corrected chi connectivity index (χ3v) is 6.03. The highest BCUT2D eigenvalue weighted by atomic mass is 35.5. The third-order valence-electron chi connectivity index (χ3n) is 5.71. The molecule has 0 aliphatic heterocycles. The van der Waals surface area contributed by atoms with Gasteiger partial charge < -0.3 is 5.32 Å². The molecular formula is C19H25ClF3N. The molecule has 1 unspecified atom stereocenters. The van der Waals surface area contributed by atoms with Crippen LogP contribution in [0.2, 0.25) is 5.02 Å². The van der Waals surface area contributed by atoms with Gasteiger partial charge in [0.2, 0.25) is 0 Å². The van der Waals surface area contributed by atoms with Gasteiger partial charge in [-0.05, 0) is 81.0 Å². The quantitative estimate of drug-likeness (QED) is 0.688. The van der Waals surface area contributed by atoms with Gasteiger partial charge in [0.15, 0.2) is 0 Å². The number of rotatable bonds is 5. The van der Waals surface area contributed by atoms with Crippen molar-refractivity contribution in [3.63, 3.8) is 0 Å². The topological polar surface area (TPSA) is 12.0 Å². The Bertz CT molecular complexity index is 556. The van der Waals surface area contributed by atoms with Crippen molar-refractivity contribution >= 4 is 11.6 Å². The van der Waals surface area contributed by atoms with Gasteiger partial charge in [-0.25, -0.2) is 13.2 Å². The fourth-order valence-corrected chi connectivity index (χ4v) is 4.56. The molecule has 2 aliphatic rings. The van der Waals surface area contributed by atoms with E-state index >= 15 is 0 Å². The molecule has 1 nitrogen and oxygen atoms in total. The average molecular weight is 360 g/mol. The summed E-state index contributed by atoms with van der Waals surface area (Å²) in [5.41, 5.74) is 1.04. The van der Waals surface area contributed by atoms with Gasteiger partial charge in [0.05, 0.1) is 6.04 Å². The number of hydrogen-bond donors (Lipinski definition) is 1. The van der Waals surface area contributed by atoms with Crippen LogP contribution in [0.1, 0.15) is 62.8 Å². The van der Waals surface area contributed by atoms with E-state index < -0.39 is 12.0 Å². The summed E-state index contributed by atoms with van der Waals surface area (Å²) in [7, 11) is 0. The van der Waals surface area contributed by atoms with E-state index in [1.165, 1.54) is 12.1 Å². The molecule has 1 aromatic carbocycles. The van der Waals surface area contributed by atoms with Crippen molar-refractivity contribution in [3.8, 4) is 0 Å². The molecule has 2 aliphatic carbocycles. The Morgan fingerprint density at radius 3 is 2.50 bits per heavy atom. The van der Waals surface area contributed by atoms with Crippen molar-refractivity contribution in [2.75, 3.05) is 6.54 Å². The van der Waals surface area contributed by atoms with Crippen LogP contribution in [-0.2, 0) is 0 Å². The molecule has 0 amide bonds. The summed E-state index contributed by atoms with van der Waals surface area (Å²) in [6, 6.07) is 4.02. The van der Waals surface area contributed by atoms with Crippen LogP contribution in [0.15, 0.2) is 18.2 Å². The van der Waals surface area contributed by atoms with Crippen LogP contribution in [0.3, 0.4) is 0 Å². The van der Waals surface area contributed by atoms with E-state index in [2.05, 4.69) is 5.32 Å². The van der Waals surface area contributed by atoms with Crippen LogP contribution in [0.4, 0.5) is 13.2 Å². The number of alkyl halides is 2. The fourth-order valence-electron chi connectivity index (χ4n) is 4.24. The number of hydrogen-bond acceptors (Lipinski definition) is 1. The van der Waals surface area contributed by atoms with Gasteiger partial charge in [0.25, 0.3) is 5.92 Å². The third kappa shape index (κ3) is 4.26. The molecule has 0 bridgehead atoms. The Morgan fingerprint density at radius 2 is 1.88 bits per heavy atom. The summed E-state index contributed by atoms with van der Waals surface area (Å²) < 4.78 is 40.3. The number of halogens is 4. The molecular weight excluding hydrogens is 335 g/mol. The van der Waals surface area contributed by atoms with Crippen LogP contribution in [0, 0.1) is 11.7 Å². The Morgan fingerprint density at radius 1 is 1.12 bits per heavy atom. The molecule has 0 spiro atoms. The Hall–Kier alpha value is -0.740. The first-order chi connectivity index (χ1) is 11.5. The molecule has 5 heteroatoms. The van der Waals surface area contributed by atoms with E-state index in [-0.39, 0.29) is 12.2 Å². The lowest BCUT2D eigenvalue weighted by Gasteiger charge is -2.30. The predicted molar refractivity (Wildman–Crippen MR) is 91.3 cm³/mol. The van der Waals surface area contributed by atoms with Gasteiger partial charge >= 0.3 is 0 Å². The lowest BCUT2D eigenvalue weighted by Crippen LogP contribution is -2.41. The summed E-state index contributed by atoms with van der Waals surface area (Å²) >= 11 is 6.16. The zero-order valence-corrected chi connectivity index (χ0v) is 14.6. The fraction of sp³-hybridized carbons (Fsp3) is 0.684.